The summed E-state index contributed by atoms with van der Waals surface area (Å²) in [6.07, 6.45) is 0.724. The predicted molar refractivity (Wildman–Crippen MR) is 81.0 cm³/mol. The van der Waals surface area contributed by atoms with Crippen LogP contribution in [0.4, 0.5) is 5.69 Å². The summed E-state index contributed by atoms with van der Waals surface area (Å²) in [5.41, 5.74) is 1.74. The lowest BCUT2D eigenvalue weighted by Crippen LogP contribution is -2.28. The minimum absolute atomic E-state index is 0.0491. The van der Waals surface area contributed by atoms with Gasteiger partial charge in [0, 0.05) is 44.9 Å². The van der Waals surface area contributed by atoms with Crippen LogP contribution in [0.2, 0.25) is 0 Å². The lowest BCUT2D eigenvalue weighted by atomic mass is 10.2. The van der Waals surface area contributed by atoms with Crippen molar-refractivity contribution < 1.29 is 9.59 Å². The van der Waals surface area contributed by atoms with Gasteiger partial charge >= 0.3 is 0 Å². The van der Waals surface area contributed by atoms with E-state index < -0.39 is 0 Å². The molecule has 1 aromatic rings. The molecule has 1 aromatic carbocycles. The van der Waals surface area contributed by atoms with Crippen molar-refractivity contribution in [3.05, 3.63) is 29.8 Å². The second-order valence-electron chi connectivity index (χ2n) is 4.65. The summed E-state index contributed by atoms with van der Waals surface area (Å²) in [7, 11) is 2.01. The van der Waals surface area contributed by atoms with Crippen molar-refractivity contribution in [2.24, 2.45) is 0 Å². The molecule has 1 rings (SSSR count). The Morgan fingerprint density at radius 2 is 1.70 bits per heavy atom. The third kappa shape index (κ3) is 5.30. The van der Waals surface area contributed by atoms with Crippen molar-refractivity contribution in [1.29, 1.82) is 0 Å². The Hall–Kier alpha value is -2.04. The second kappa shape index (κ2) is 8.19. The van der Waals surface area contributed by atoms with Crippen LogP contribution in [0.25, 0.3) is 0 Å². The number of hydrogen-bond acceptors (Lipinski definition) is 3. The van der Waals surface area contributed by atoms with Crippen LogP contribution in [0.15, 0.2) is 24.3 Å². The van der Waals surface area contributed by atoms with E-state index in [-0.39, 0.29) is 11.8 Å². The van der Waals surface area contributed by atoms with Gasteiger partial charge in [-0.3, -0.25) is 9.59 Å². The molecule has 0 aromatic heterocycles. The fourth-order valence-corrected chi connectivity index (χ4v) is 1.71. The van der Waals surface area contributed by atoms with E-state index in [4.69, 9.17) is 0 Å². The van der Waals surface area contributed by atoms with Gasteiger partial charge in [0.05, 0.1) is 0 Å². The molecule has 0 heterocycles. The first kappa shape index (κ1) is 16.0. The van der Waals surface area contributed by atoms with Crippen LogP contribution in [0.1, 0.15) is 30.6 Å². The molecule has 0 aliphatic carbocycles. The molecule has 0 saturated heterocycles. The molecule has 5 nitrogen and oxygen atoms in total. The molecule has 5 heteroatoms. The van der Waals surface area contributed by atoms with Crippen LogP contribution in [0.5, 0.6) is 0 Å². The Morgan fingerprint density at radius 3 is 2.25 bits per heavy atom. The molecule has 0 saturated carbocycles. The monoisotopic (exact) mass is 277 g/mol. The van der Waals surface area contributed by atoms with Crippen LogP contribution < -0.4 is 15.5 Å². The minimum atomic E-state index is -0.0847. The van der Waals surface area contributed by atoms with Gasteiger partial charge in [-0.15, -0.1) is 0 Å². The SMILES string of the molecule is CCN(C)c1ccc(C(=O)NCCCNC(C)=O)cc1. The van der Waals surface area contributed by atoms with Crippen molar-refractivity contribution in [2.45, 2.75) is 20.3 Å². The summed E-state index contributed by atoms with van der Waals surface area (Å²) in [4.78, 5) is 24.7. The molecule has 0 spiro atoms. The predicted octanol–water partition coefficient (Wildman–Crippen LogP) is 1.40. The van der Waals surface area contributed by atoms with E-state index in [1.54, 1.807) is 0 Å². The molecule has 0 aliphatic rings. The van der Waals surface area contributed by atoms with Gasteiger partial charge in [0.25, 0.3) is 5.91 Å². The highest BCUT2D eigenvalue weighted by atomic mass is 16.2. The number of nitrogens with zero attached hydrogens (tertiary/aromatic N) is 1. The number of amides is 2. The summed E-state index contributed by atoms with van der Waals surface area (Å²) in [6, 6.07) is 7.53. The topological polar surface area (TPSA) is 61.4 Å². The molecular formula is C15H23N3O2. The summed E-state index contributed by atoms with van der Waals surface area (Å²) in [6.45, 7) is 5.61. The first-order chi connectivity index (χ1) is 9.54. The summed E-state index contributed by atoms with van der Waals surface area (Å²) >= 11 is 0. The van der Waals surface area contributed by atoms with Gasteiger partial charge in [-0.25, -0.2) is 0 Å². The summed E-state index contributed by atoms with van der Waals surface area (Å²) < 4.78 is 0. The maximum atomic E-state index is 11.9. The number of nitrogens with one attached hydrogen (secondary N) is 2. The lowest BCUT2D eigenvalue weighted by molar-refractivity contribution is -0.118. The van der Waals surface area contributed by atoms with E-state index in [2.05, 4.69) is 22.5 Å². The maximum Gasteiger partial charge on any atom is 0.251 e. The minimum Gasteiger partial charge on any atom is -0.375 e. The molecule has 0 radical (unpaired) electrons. The number of rotatable bonds is 7. The zero-order chi connectivity index (χ0) is 15.0. The quantitative estimate of drug-likeness (QED) is 0.741. The fourth-order valence-electron chi connectivity index (χ4n) is 1.71. The smallest absolute Gasteiger partial charge is 0.251 e. The van der Waals surface area contributed by atoms with Gasteiger partial charge in [0.1, 0.15) is 0 Å². The van der Waals surface area contributed by atoms with E-state index in [0.29, 0.717) is 18.7 Å². The molecule has 20 heavy (non-hydrogen) atoms. The Bertz CT molecular complexity index is 443. The fraction of sp³-hybridized carbons (Fsp3) is 0.467. The van der Waals surface area contributed by atoms with E-state index in [1.807, 2.05) is 31.3 Å². The first-order valence-electron chi connectivity index (χ1n) is 6.88. The Morgan fingerprint density at radius 1 is 1.10 bits per heavy atom. The van der Waals surface area contributed by atoms with Gasteiger partial charge in [-0.05, 0) is 37.6 Å². The third-order valence-corrected chi connectivity index (χ3v) is 3.06. The third-order valence-electron chi connectivity index (χ3n) is 3.06. The molecule has 0 aliphatic heterocycles. The van der Waals surface area contributed by atoms with Gasteiger partial charge in [-0.2, -0.15) is 0 Å². The highest BCUT2D eigenvalue weighted by Crippen LogP contribution is 2.13. The molecule has 110 valence electrons. The summed E-state index contributed by atoms with van der Waals surface area (Å²) in [5, 5.41) is 5.52. The van der Waals surface area contributed by atoms with Crippen molar-refractivity contribution in [1.82, 2.24) is 10.6 Å². The van der Waals surface area contributed by atoms with Gasteiger partial charge in [0.2, 0.25) is 5.91 Å². The highest BCUT2D eigenvalue weighted by Gasteiger charge is 2.05. The van der Waals surface area contributed by atoms with Gasteiger partial charge in [-0.1, -0.05) is 0 Å². The van der Waals surface area contributed by atoms with E-state index >= 15 is 0 Å². The number of hydrogen-bond donors (Lipinski definition) is 2. The Labute approximate surface area is 120 Å². The Kier molecular flexibility index (Phi) is 6.56. The number of carbonyl (C=O) groups is 2. The van der Waals surface area contributed by atoms with Crippen LogP contribution in [0.3, 0.4) is 0 Å². The lowest BCUT2D eigenvalue weighted by Gasteiger charge is -2.16. The zero-order valence-electron chi connectivity index (χ0n) is 12.4. The molecule has 0 fully saturated rings. The molecule has 0 atom stereocenters. The zero-order valence-corrected chi connectivity index (χ0v) is 12.4. The van der Waals surface area contributed by atoms with Crippen molar-refractivity contribution in [3.63, 3.8) is 0 Å². The first-order valence-corrected chi connectivity index (χ1v) is 6.88. The molecule has 2 N–H and O–H groups in total. The maximum absolute atomic E-state index is 11.9. The van der Waals surface area contributed by atoms with Crippen LogP contribution in [0, 0.1) is 0 Å². The summed E-state index contributed by atoms with van der Waals surface area (Å²) in [5.74, 6) is -0.134. The van der Waals surface area contributed by atoms with Gasteiger partial charge in [0.15, 0.2) is 0 Å². The molecular weight excluding hydrogens is 254 g/mol. The van der Waals surface area contributed by atoms with Crippen molar-refractivity contribution in [3.8, 4) is 0 Å². The van der Waals surface area contributed by atoms with Crippen LogP contribution in [-0.4, -0.2) is 38.5 Å². The average molecular weight is 277 g/mol. The highest BCUT2D eigenvalue weighted by molar-refractivity contribution is 5.94. The molecule has 2 amide bonds. The van der Waals surface area contributed by atoms with Crippen LogP contribution in [-0.2, 0) is 4.79 Å². The van der Waals surface area contributed by atoms with Crippen molar-refractivity contribution >= 4 is 17.5 Å². The number of benzene rings is 1. The number of carbonyl (C=O) groups excluding carboxylic acids is 2. The average Bonchev–Trinajstić information content (AvgIpc) is 2.45. The molecule has 0 bridgehead atoms. The van der Waals surface area contributed by atoms with Crippen molar-refractivity contribution in [2.75, 3.05) is 31.6 Å². The Balaban J connectivity index is 2.38. The number of anilines is 1. The standard InChI is InChI=1S/C15H23N3O2/c1-4-18(3)14-8-6-13(7-9-14)15(20)17-11-5-10-16-12(2)19/h6-9H,4-5,10-11H2,1-3H3,(H,16,19)(H,17,20). The van der Waals surface area contributed by atoms with Crippen LogP contribution >= 0.6 is 0 Å². The van der Waals surface area contributed by atoms with E-state index in [1.165, 1.54) is 6.92 Å². The normalized spacial score (nSPS) is 9.95. The van der Waals surface area contributed by atoms with E-state index in [0.717, 1.165) is 18.7 Å². The largest absolute Gasteiger partial charge is 0.375 e. The van der Waals surface area contributed by atoms with E-state index in [9.17, 15) is 9.59 Å². The second-order valence-corrected chi connectivity index (χ2v) is 4.65. The molecule has 0 unspecified atom stereocenters. The van der Waals surface area contributed by atoms with Gasteiger partial charge < -0.3 is 15.5 Å².